The number of hydrogen-bond acceptors (Lipinski definition) is 3. The highest BCUT2D eigenvalue weighted by Gasteiger charge is 2.30. The van der Waals surface area contributed by atoms with Crippen molar-refractivity contribution < 1.29 is 27.9 Å². The van der Waals surface area contributed by atoms with Gasteiger partial charge in [-0.1, -0.05) is 43.3 Å². The van der Waals surface area contributed by atoms with Crippen LogP contribution in [0.1, 0.15) is 46.8 Å². The van der Waals surface area contributed by atoms with E-state index in [1.54, 1.807) is 18.2 Å². The van der Waals surface area contributed by atoms with Crippen molar-refractivity contribution in [1.29, 1.82) is 0 Å². The maximum Gasteiger partial charge on any atom is 0.416 e. The molecule has 0 bridgehead atoms. The molecule has 0 aliphatic carbocycles. The van der Waals surface area contributed by atoms with Crippen molar-refractivity contribution in [3.05, 3.63) is 89.0 Å². The maximum atomic E-state index is 12.4. The molecule has 0 saturated carbocycles. The second-order valence-electron chi connectivity index (χ2n) is 8.27. The van der Waals surface area contributed by atoms with Crippen molar-refractivity contribution in [2.24, 2.45) is 0 Å². The Hall–Kier alpha value is -3.81. The Labute approximate surface area is 202 Å². The first kappa shape index (κ1) is 25.8. The van der Waals surface area contributed by atoms with Gasteiger partial charge in [0.1, 0.15) is 0 Å². The number of carboxylic acids is 1. The van der Waals surface area contributed by atoms with Crippen molar-refractivity contribution >= 4 is 17.6 Å². The van der Waals surface area contributed by atoms with Gasteiger partial charge in [-0.2, -0.15) is 13.2 Å². The standard InChI is InChI=1S/C14H9F3O2.C13H18N2O/c15-14(16,17)10-7-5-9(6-8-10)11-3-1-2-4-12(11)13(18)19;1-2-3-13(16)15-7-6-10-8-12(14)5-4-11(10)9-15/h1-8H,(H,18,19);4-5,8H,2-3,6-7,9,14H2,1H3. The molecule has 1 aliphatic heterocycles. The predicted octanol–water partition coefficient (Wildman–Crippen LogP) is 6.02. The summed E-state index contributed by atoms with van der Waals surface area (Å²) in [4.78, 5) is 24.8. The zero-order valence-corrected chi connectivity index (χ0v) is 19.3. The molecule has 0 saturated heterocycles. The molecule has 0 spiro atoms. The maximum absolute atomic E-state index is 12.4. The number of carboxylic acid groups (broad SMARTS) is 1. The number of carbonyl (C=O) groups is 2. The molecule has 0 atom stereocenters. The SMILES string of the molecule is CCCC(=O)N1CCc2cc(N)ccc2C1.O=C(O)c1ccccc1-c1ccc(C(F)(F)F)cc1. The van der Waals surface area contributed by atoms with Gasteiger partial charge >= 0.3 is 12.1 Å². The number of aromatic carboxylic acids is 1. The van der Waals surface area contributed by atoms with Crippen molar-refractivity contribution in [3.63, 3.8) is 0 Å². The quantitative estimate of drug-likeness (QED) is 0.443. The number of hydrogen-bond donors (Lipinski definition) is 2. The van der Waals surface area contributed by atoms with Crippen LogP contribution in [-0.4, -0.2) is 28.4 Å². The Bertz CT molecular complexity index is 1190. The second-order valence-corrected chi connectivity index (χ2v) is 8.27. The first-order valence-corrected chi connectivity index (χ1v) is 11.2. The van der Waals surface area contributed by atoms with E-state index in [2.05, 4.69) is 0 Å². The number of nitrogen functional groups attached to an aromatic ring is 1. The average molecular weight is 485 g/mol. The number of nitrogens with zero attached hydrogens (tertiary/aromatic N) is 1. The van der Waals surface area contributed by atoms with E-state index in [1.807, 2.05) is 30.0 Å². The molecule has 1 aliphatic rings. The average Bonchev–Trinajstić information content (AvgIpc) is 2.84. The highest BCUT2D eigenvalue weighted by molar-refractivity contribution is 5.96. The van der Waals surface area contributed by atoms with Crippen LogP contribution in [0.15, 0.2) is 66.7 Å². The smallest absolute Gasteiger partial charge is 0.416 e. The number of anilines is 1. The van der Waals surface area contributed by atoms with Crippen LogP contribution in [0, 0.1) is 0 Å². The van der Waals surface area contributed by atoms with Gasteiger partial charge in [0.2, 0.25) is 5.91 Å². The summed E-state index contributed by atoms with van der Waals surface area (Å²) in [5.41, 5.74) is 9.21. The molecule has 0 fully saturated rings. The van der Waals surface area contributed by atoms with E-state index in [0.29, 0.717) is 17.5 Å². The Morgan fingerprint density at radius 1 is 1.00 bits per heavy atom. The lowest BCUT2D eigenvalue weighted by Gasteiger charge is -2.29. The molecule has 3 aromatic rings. The molecule has 4 rings (SSSR count). The molecule has 184 valence electrons. The van der Waals surface area contributed by atoms with E-state index in [-0.39, 0.29) is 11.5 Å². The van der Waals surface area contributed by atoms with Gasteiger partial charge in [0, 0.05) is 25.2 Å². The lowest BCUT2D eigenvalue weighted by atomic mass is 9.99. The molecule has 8 heteroatoms. The molecule has 0 radical (unpaired) electrons. The second kappa shape index (κ2) is 11.1. The van der Waals surface area contributed by atoms with Gasteiger partial charge in [0.25, 0.3) is 0 Å². The lowest BCUT2D eigenvalue weighted by Crippen LogP contribution is -2.35. The van der Waals surface area contributed by atoms with E-state index in [1.165, 1.54) is 29.3 Å². The van der Waals surface area contributed by atoms with E-state index >= 15 is 0 Å². The number of benzene rings is 3. The van der Waals surface area contributed by atoms with E-state index in [4.69, 9.17) is 10.8 Å². The summed E-state index contributed by atoms with van der Waals surface area (Å²) in [7, 11) is 0. The summed E-state index contributed by atoms with van der Waals surface area (Å²) in [5, 5.41) is 9.03. The van der Waals surface area contributed by atoms with Crippen molar-refractivity contribution in [2.45, 2.75) is 38.9 Å². The fourth-order valence-corrected chi connectivity index (χ4v) is 3.92. The molecule has 0 unspecified atom stereocenters. The predicted molar refractivity (Wildman–Crippen MR) is 129 cm³/mol. The minimum atomic E-state index is -4.40. The topological polar surface area (TPSA) is 83.6 Å². The van der Waals surface area contributed by atoms with Gasteiger partial charge in [-0.05, 0) is 65.4 Å². The minimum absolute atomic E-state index is 0.0576. The van der Waals surface area contributed by atoms with Crippen LogP contribution in [0.5, 0.6) is 0 Å². The molecule has 0 aromatic heterocycles. The minimum Gasteiger partial charge on any atom is -0.478 e. The van der Waals surface area contributed by atoms with Crippen molar-refractivity contribution in [3.8, 4) is 11.1 Å². The van der Waals surface area contributed by atoms with Gasteiger partial charge < -0.3 is 15.7 Å². The van der Waals surface area contributed by atoms with Gasteiger partial charge in [-0.3, -0.25) is 4.79 Å². The number of rotatable bonds is 4. The van der Waals surface area contributed by atoms with E-state index < -0.39 is 17.7 Å². The van der Waals surface area contributed by atoms with E-state index in [0.717, 1.165) is 43.8 Å². The van der Waals surface area contributed by atoms with Gasteiger partial charge in [-0.25, -0.2) is 4.79 Å². The van der Waals surface area contributed by atoms with Crippen LogP contribution in [0.25, 0.3) is 11.1 Å². The third-order valence-electron chi connectivity index (χ3n) is 5.74. The Morgan fingerprint density at radius 2 is 1.69 bits per heavy atom. The summed E-state index contributed by atoms with van der Waals surface area (Å²) in [6, 6.07) is 16.6. The monoisotopic (exact) mass is 484 g/mol. The zero-order chi connectivity index (χ0) is 25.6. The summed E-state index contributed by atoms with van der Waals surface area (Å²) in [6.07, 6.45) is -1.89. The summed E-state index contributed by atoms with van der Waals surface area (Å²) < 4.78 is 37.3. The highest BCUT2D eigenvalue weighted by atomic mass is 19.4. The van der Waals surface area contributed by atoms with Crippen LogP contribution in [-0.2, 0) is 23.9 Å². The Balaban J connectivity index is 0.000000198. The van der Waals surface area contributed by atoms with Crippen molar-refractivity contribution in [2.75, 3.05) is 12.3 Å². The summed E-state index contributed by atoms with van der Waals surface area (Å²) in [5.74, 6) is -0.847. The van der Waals surface area contributed by atoms with Crippen LogP contribution in [0.2, 0.25) is 0 Å². The van der Waals surface area contributed by atoms with Gasteiger partial charge in [0.15, 0.2) is 0 Å². The normalized spacial score (nSPS) is 12.9. The number of nitrogens with two attached hydrogens (primary N) is 1. The lowest BCUT2D eigenvalue weighted by molar-refractivity contribution is -0.137. The number of alkyl halides is 3. The number of halogens is 3. The number of fused-ring (bicyclic) bond motifs is 1. The van der Waals surface area contributed by atoms with Gasteiger partial charge in [0.05, 0.1) is 11.1 Å². The fraction of sp³-hybridized carbons (Fsp3) is 0.259. The Kier molecular flexibility index (Phi) is 8.17. The first-order chi connectivity index (χ1) is 16.6. The molecule has 5 nitrogen and oxygen atoms in total. The first-order valence-electron chi connectivity index (χ1n) is 11.2. The molecule has 3 N–H and O–H groups in total. The van der Waals surface area contributed by atoms with Crippen LogP contribution in [0.3, 0.4) is 0 Å². The zero-order valence-electron chi connectivity index (χ0n) is 19.3. The number of amides is 1. The molecule has 1 amide bonds. The summed E-state index contributed by atoms with van der Waals surface area (Å²) >= 11 is 0. The Morgan fingerprint density at radius 3 is 2.31 bits per heavy atom. The van der Waals surface area contributed by atoms with Crippen LogP contribution in [0.4, 0.5) is 18.9 Å². The molecular weight excluding hydrogens is 457 g/mol. The molecule has 1 heterocycles. The third kappa shape index (κ3) is 6.62. The highest BCUT2D eigenvalue weighted by Crippen LogP contribution is 2.31. The molecular formula is C27H27F3N2O3. The number of carbonyl (C=O) groups excluding carboxylic acids is 1. The van der Waals surface area contributed by atoms with Crippen LogP contribution >= 0.6 is 0 Å². The molecule has 3 aromatic carbocycles. The third-order valence-corrected chi connectivity index (χ3v) is 5.74. The van der Waals surface area contributed by atoms with E-state index in [9.17, 15) is 22.8 Å². The van der Waals surface area contributed by atoms with Crippen LogP contribution < -0.4 is 5.73 Å². The largest absolute Gasteiger partial charge is 0.478 e. The molecule has 35 heavy (non-hydrogen) atoms. The summed E-state index contributed by atoms with van der Waals surface area (Å²) in [6.45, 7) is 3.61. The fourth-order valence-electron chi connectivity index (χ4n) is 3.92. The van der Waals surface area contributed by atoms with Crippen molar-refractivity contribution in [1.82, 2.24) is 4.90 Å². The van der Waals surface area contributed by atoms with Gasteiger partial charge in [-0.15, -0.1) is 0 Å².